The fourth-order valence-corrected chi connectivity index (χ4v) is 2.82. The minimum Gasteiger partial charge on any atom is -0.384 e. The molecule has 3 aromatic rings. The second-order valence-corrected chi connectivity index (χ2v) is 6.00. The molecule has 3 heterocycles. The van der Waals surface area contributed by atoms with E-state index < -0.39 is 11.6 Å². The van der Waals surface area contributed by atoms with Crippen LogP contribution in [0.3, 0.4) is 0 Å². The molecule has 7 nitrogen and oxygen atoms in total. The third-order valence-electron chi connectivity index (χ3n) is 4.15. The molecular formula is C18H14F2N6O. The van der Waals surface area contributed by atoms with Gasteiger partial charge in [-0.15, -0.1) is 0 Å². The lowest BCUT2D eigenvalue weighted by Gasteiger charge is -2.11. The van der Waals surface area contributed by atoms with Crippen molar-refractivity contribution in [3.8, 4) is 22.4 Å². The molecule has 0 aliphatic carbocycles. The average Bonchev–Trinajstić information content (AvgIpc) is 3.10. The van der Waals surface area contributed by atoms with Gasteiger partial charge < -0.3 is 5.73 Å². The molecule has 136 valence electrons. The number of amides is 1. The largest absolute Gasteiger partial charge is 0.384 e. The minimum absolute atomic E-state index is 0.172. The summed E-state index contributed by atoms with van der Waals surface area (Å²) in [6.07, 6.45) is 3.95. The molecule has 4 rings (SSSR count). The smallest absolute Gasteiger partial charge is 0.240 e. The van der Waals surface area contributed by atoms with Gasteiger partial charge in [0.05, 0.1) is 0 Å². The zero-order valence-corrected chi connectivity index (χ0v) is 14.0. The molecule has 0 saturated heterocycles. The molecule has 1 aromatic carbocycles. The van der Waals surface area contributed by atoms with Crippen LogP contribution in [0.15, 0.2) is 47.8 Å². The molecular weight excluding hydrogens is 354 g/mol. The van der Waals surface area contributed by atoms with Gasteiger partial charge in [0.15, 0.2) is 17.5 Å². The van der Waals surface area contributed by atoms with E-state index in [1.54, 1.807) is 24.5 Å². The molecule has 27 heavy (non-hydrogen) atoms. The van der Waals surface area contributed by atoms with Crippen molar-refractivity contribution in [2.24, 2.45) is 5.10 Å². The van der Waals surface area contributed by atoms with Crippen LogP contribution in [-0.4, -0.2) is 26.5 Å². The summed E-state index contributed by atoms with van der Waals surface area (Å²) in [7, 11) is 0. The molecule has 0 bridgehead atoms. The Balaban J connectivity index is 1.87. The highest BCUT2D eigenvalue weighted by atomic mass is 19.2. The molecule has 0 unspecified atom stereocenters. The van der Waals surface area contributed by atoms with E-state index in [1.807, 2.05) is 0 Å². The first kappa shape index (κ1) is 16.8. The molecule has 1 aliphatic rings. The van der Waals surface area contributed by atoms with Crippen molar-refractivity contribution in [2.45, 2.75) is 12.8 Å². The number of carbonyl (C=O) groups excluding carboxylic acids is 1. The third-order valence-corrected chi connectivity index (χ3v) is 4.15. The molecule has 0 saturated carbocycles. The standard InChI is InChI=1S/C18H14F2N6O/c19-13-2-1-11(7-14(13)20)18-12(10-5-6-22-15(21)8-10)9-26(25-18)16-3-4-17(27)24-23-16/h1-2,5-9H,3-4H2,(H2,21,22)(H,24,27). The maximum atomic E-state index is 13.8. The fraction of sp³-hybridized carbons (Fsp3) is 0.111. The fourth-order valence-electron chi connectivity index (χ4n) is 2.82. The lowest BCUT2D eigenvalue weighted by atomic mass is 10.0. The van der Waals surface area contributed by atoms with Crippen molar-refractivity contribution in [2.75, 3.05) is 5.73 Å². The molecule has 0 spiro atoms. The van der Waals surface area contributed by atoms with Crippen LogP contribution in [0.4, 0.5) is 14.6 Å². The first-order chi connectivity index (χ1) is 13.0. The number of hydrogen-bond donors (Lipinski definition) is 2. The van der Waals surface area contributed by atoms with Gasteiger partial charge in [0, 0.05) is 36.4 Å². The van der Waals surface area contributed by atoms with Crippen molar-refractivity contribution >= 4 is 17.6 Å². The van der Waals surface area contributed by atoms with Gasteiger partial charge in [0.2, 0.25) is 5.91 Å². The number of carbonyl (C=O) groups is 1. The predicted octanol–water partition coefficient (Wildman–Crippen LogP) is 2.54. The van der Waals surface area contributed by atoms with Crippen LogP contribution in [0, 0.1) is 11.6 Å². The highest BCUT2D eigenvalue weighted by molar-refractivity contribution is 5.93. The summed E-state index contributed by atoms with van der Waals surface area (Å²) in [5.41, 5.74) is 10.4. The zero-order valence-electron chi connectivity index (χ0n) is 14.0. The number of hydrazone groups is 1. The Morgan fingerprint density at radius 2 is 1.93 bits per heavy atom. The molecule has 1 aliphatic heterocycles. The maximum absolute atomic E-state index is 13.8. The second kappa shape index (κ2) is 6.60. The molecule has 0 radical (unpaired) electrons. The summed E-state index contributed by atoms with van der Waals surface area (Å²) in [5.74, 6) is -1.23. The number of benzene rings is 1. The summed E-state index contributed by atoms with van der Waals surface area (Å²) in [5, 5.41) is 8.51. The van der Waals surface area contributed by atoms with Crippen molar-refractivity contribution in [3.05, 3.63) is 54.4 Å². The highest BCUT2D eigenvalue weighted by Gasteiger charge is 2.20. The average molecular weight is 368 g/mol. The van der Waals surface area contributed by atoms with E-state index in [2.05, 4.69) is 20.6 Å². The number of anilines is 1. The van der Waals surface area contributed by atoms with Crippen molar-refractivity contribution in [3.63, 3.8) is 0 Å². The van der Waals surface area contributed by atoms with E-state index in [1.165, 1.54) is 10.7 Å². The topological polar surface area (TPSA) is 98.2 Å². The number of nitrogens with zero attached hydrogens (tertiary/aromatic N) is 4. The first-order valence-corrected chi connectivity index (χ1v) is 8.14. The van der Waals surface area contributed by atoms with Gasteiger partial charge in [-0.3, -0.25) is 4.79 Å². The van der Waals surface area contributed by atoms with Crippen LogP contribution in [-0.2, 0) is 4.79 Å². The van der Waals surface area contributed by atoms with Crippen molar-refractivity contribution in [1.82, 2.24) is 20.2 Å². The normalized spacial score (nSPS) is 14.0. The lowest BCUT2D eigenvalue weighted by molar-refractivity contribution is -0.121. The second-order valence-electron chi connectivity index (χ2n) is 6.00. The predicted molar refractivity (Wildman–Crippen MR) is 95.4 cm³/mol. The summed E-state index contributed by atoms with van der Waals surface area (Å²) in [4.78, 5) is 15.3. The Kier molecular flexibility index (Phi) is 4.11. The van der Waals surface area contributed by atoms with Gasteiger partial charge in [-0.05, 0) is 35.9 Å². The van der Waals surface area contributed by atoms with Gasteiger partial charge in [-0.25, -0.2) is 23.9 Å². The Bertz CT molecular complexity index is 1080. The minimum atomic E-state index is -0.968. The molecule has 0 atom stereocenters. The van der Waals surface area contributed by atoms with E-state index in [4.69, 9.17) is 5.73 Å². The summed E-state index contributed by atoms with van der Waals surface area (Å²) < 4.78 is 28.6. The van der Waals surface area contributed by atoms with Crippen LogP contribution in [0.2, 0.25) is 0 Å². The number of nitrogens with one attached hydrogen (secondary N) is 1. The van der Waals surface area contributed by atoms with E-state index in [-0.39, 0.29) is 12.3 Å². The summed E-state index contributed by atoms with van der Waals surface area (Å²) in [6, 6.07) is 6.98. The van der Waals surface area contributed by atoms with E-state index in [9.17, 15) is 13.6 Å². The number of rotatable bonds is 2. The van der Waals surface area contributed by atoms with Crippen LogP contribution < -0.4 is 11.2 Å². The number of aromatic nitrogens is 3. The maximum Gasteiger partial charge on any atom is 0.240 e. The first-order valence-electron chi connectivity index (χ1n) is 8.14. The summed E-state index contributed by atoms with van der Waals surface area (Å²) in [6.45, 7) is 0. The molecule has 9 heteroatoms. The Morgan fingerprint density at radius 1 is 1.07 bits per heavy atom. The van der Waals surface area contributed by atoms with Crippen molar-refractivity contribution in [1.29, 1.82) is 0 Å². The van der Waals surface area contributed by atoms with Crippen LogP contribution >= 0.6 is 0 Å². The number of nitrogen functional groups attached to an aromatic ring is 1. The van der Waals surface area contributed by atoms with Gasteiger partial charge in [-0.1, -0.05) is 0 Å². The summed E-state index contributed by atoms with van der Waals surface area (Å²) >= 11 is 0. The zero-order chi connectivity index (χ0) is 19.0. The van der Waals surface area contributed by atoms with Crippen molar-refractivity contribution < 1.29 is 13.6 Å². The SMILES string of the molecule is Nc1cc(-c2cn(C3=NNC(=O)CC3)nc2-c2ccc(F)c(F)c2)ccn1. The lowest BCUT2D eigenvalue weighted by Crippen LogP contribution is -2.29. The van der Waals surface area contributed by atoms with Crippen LogP contribution in [0.5, 0.6) is 0 Å². The van der Waals surface area contributed by atoms with Gasteiger partial charge in [0.25, 0.3) is 0 Å². The third kappa shape index (κ3) is 3.26. The number of hydrogen-bond acceptors (Lipinski definition) is 5. The van der Waals surface area contributed by atoms with E-state index in [0.29, 0.717) is 40.5 Å². The number of halogens is 2. The van der Waals surface area contributed by atoms with Gasteiger partial charge >= 0.3 is 0 Å². The van der Waals surface area contributed by atoms with Crippen LogP contribution in [0.1, 0.15) is 12.8 Å². The van der Waals surface area contributed by atoms with Gasteiger partial charge in [0.1, 0.15) is 11.5 Å². The Labute approximate surface area is 152 Å². The Hall–Kier alpha value is -3.62. The Morgan fingerprint density at radius 3 is 2.63 bits per heavy atom. The molecule has 3 N–H and O–H groups in total. The number of pyridine rings is 1. The van der Waals surface area contributed by atoms with E-state index >= 15 is 0 Å². The molecule has 2 aromatic heterocycles. The van der Waals surface area contributed by atoms with Crippen LogP contribution in [0.25, 0.3) is 22.4 Å². The monoisotopic (exact) mass is 368 g/mol. The molecule has 1 amide bonds. The quantitative estimate of drug-likeness (QED) is 0.726. The van der Waals surface area contributed by atoms with Gasteiger partial charge in [-0.2, -0.15) is 10.2 Å². The molecule has 0 fully saturated rings. The number of nitrogens with two attached hydrogens (primary N) is 1. The highest BCUT2D eigenvalue weighted by Crippen LogP contribution is 2.32. The van der Waals surface area contributed by atoms with E-state index in [0.717, 1.165) is 12.1 Å².